The van der Waals surface area contributed by atoms with E-state index in [2.05, 4.69) is 15.2 Å². The van der Waals surface area contributed by atoms with Gasteiger partial charge in [-0.3, -0.25) is 4.79 Å². The van der Waals surface area contributed by atoms with Gasteiger partial charge in [-0.05, 0) is 32.1 Å². The van der Waals surface area contributed by atoms with Crippen molar-refractivity contribution in [1.82, 2.24) is 24.1 Å². The van der Waals surface area contributed by atoms with Gasteiger partial charge in [0.1, 0.15) is 0 Å². The van der Waals surface area contributed by atoms with Crippen LogP contribution in [0.3, 0.4) is 0 Å². The van der Waals surface area contributed by atoms with Crippen molar-refractivity contribution in [2.75, 3.05) is 32.7 Å². The Kier molecular flexibility index (Phi) is 6.43. The molecule has 0 radical (unpaired) electrons. The van der Waals surface area contributed by atoms with Gasteiger partial charge in [0, 0.05) is 58.9 Å². The zero-order valence-electron chi connectivity index (χ0n) is 16.7. The zero-order chi connectivity index (χ0) is 20.4. The van der Waals surface area contributed by atoms with Crippen molar-refractivity contribution in [1.29, 1.82) is 0 Å². The quantitative estimate of drug-likeness (QED) is 0.700. The number of carbonyl (C=O) groups is 1. The monoisotopic (exact) mass is 413 g/mol. The third kappa shape index (κ3) is 5.11. The summed E-state index contributed by atoms with van der Waals surface area (Å²) in [5.74, 6) is -0.00458. The molecule has 10 heteroatoms. The average Bonchev–Trinajstić information content (AvgIpc) is 2.96. The third-order valence-electron chi connectivity index (χ3n) is 5.67. The Morgan fingerprint density at radius 3 is 2.61 bits per heavy atom. The van der Waals surface area contributed by atoms with Gasteiger partial charge in [0.05, 0.1) is 11.9 Å². The van der Waals surface area contributed by atoms with Crippen LogP contribution in [0.15, 0.2) is 17.6 Å². The standard InChI is InChI=1S/C18H31N5O4S/c1-15(24)20-16-4-9-22(10-5-16)13-18(25)6-3-8-23(11-7-18)28(26,27)17-12-21(2)14-19-17/h12,14,16,25H,3-11,13H2,1-2H3,(H,20,24)/t18-/m1/s1. The van der Waals surface area contributed by atoms with E-state index in [0.717, 1.165) is 25.9 Å². The number of nitrogens with one attached hydrogen (secondary N) is 1. The summed E-state index contributed by atoms with van der Waals surface area (Å²) in [7, 11) is -1.89. The molecule has 2 saturated heterocycles. The second-order valence-corrected chi connectivity index (χ2v) is 10.00. The van der Waals surface area contributed by atoms with Crippen molar-refractivity contribution < 1.29 is 18.3 Å². The molecule has 0 aromatic carbocycles. The molecule has 3 rings (SSSR count). The lowest BCUT2D eigenvalue weighted by Crippen LogP contribution is -2.50. The fraction of sp³-hybridized carbons (Fsp3) is 0.778. The van der Waals surface area contributed by atoms with E-state index in [1.807, 2.05) is 0 Å². The van der Waals surface area contributed by atoms with E-state index in [-0.39, 0.29) is 23.5 Å². The Balaban J connectivity index is 1.56. The number of aromatic nitrogens is 2. The van der Waals surface area contributed by atoms with Crippen molar-refractivity contribution in [2.45, 2.75) is 55.7 Å². The summed E-state index contributed by atoms with van der Waals surface area (Å²) in [6.07, 6.45) is 6.32. The van der Waals surface area contributed by atoms with Gasteiger partial charge in [-0.25, -0.2) is 13.4 Å². The Labute approximate surface area is 166 Å². The Hall–Kier alpha value is -1.49. The largest absolute Gasteiger partial charge is 0.389 e. The van der Waals surface area contributed by atoms with Gasteiger partial charge in [-0.1, -0.05) is 0 Å². The Morgan fingerprint density at radius 2 is 2.00 bits per heavy atom. The number of aryl methyl sites for hydroxylation is 1. The van der Waals surface area contributed by atoms with Crippen LogP contribution >= 0.6 is 0 Å². The number of piperidine rings is 1. The maximum Gasteiger partial charge on any atom is 0.262 e. The molecule has 3 heterocycles. The SMILES string of the molecule is CC(=O)NC1CCN(C[C@@]2(O)CCCN(S(=O)(=O)c3cn(C)cn3)CC2)CC1. The van der Waals surface area contributed by atoms with Crippen LogP contribution in [0.1, 0.15) is 39.0 Å². The number of imidazole rings is 1. The molecule has 2 aliphatic heterocycles. The predicted molar refractivity (Wildman–Crippen MR) is 104 cm³/mol. The maximum absolute atomic E-state index is 12.8. The van der Waals surface area contributed by atoms with E-state index in [1.165, 1.54) is 23.8 Å². The first kappa shape index (κ1) is 21.2. The van der Waals surface area contributed by atoms with Crippen LogP contribution in [0, 0.1) is 0 Å². The number of hydrogen-bond acceptors (Lipinski definition) is 6. The van der Waals surface area contributed by atoms with Gasteiger partial charge in [0.25, 0.3) is 10.0 Å². The van der Waals surface area contributed by atoms with Crippen LogP contribution in [0.25, 0.3) is 0 Å². The first-order valence-corrected chi connectivity index (χ1v) is 11.3. The van der Waals surface area contributed by atoms with Crippen LogP contribution in [0.4, 0.5) is 0 Å². The van der Waals surface area contributed by atoms with Crippen molar-refractivity contribution in [3.8, 4) is 0 Å². The molecule has 9 nitrogen and oxygen atoms in total. The highest BCUT2D eigenvalue weighted by Crippen LogP contribution is 2.27. The lowest BCUT2D eigenvalue weighted by Gasteiger charge is -2.38. The predicted octanol–water partition coefficient (Wildman–Crippen LogP) is -0.0737. The summed E-state index contributed by atoms with van der Waals surface area (Å²) in [5, 5.41) is 14.1. The fourth-order valence-electron chi connectivity index (χ4n) is 4.15. The van der Waals surface area contributed by atoms with E-state index in [1.54, 1.807) is 11.6 Å². The van der Waals surface area contributed by atoms with E-state index >= 15 is 0 Å². The minimum Gasteiger partial charge on any atom is -0.389 e. The topological polar surface area (TPSA) is 108 Å². The molecule has 0 saturated carbocycles. The summed E-state index contributed by atoms with van der Waals surface area (Å²) in [4.78, 5) is 17.4. The molecule has 2 fully saturated rings. The molecular weight excluding hydrogens is 382 g/mol. The summed E-state index contributed by atoms with van der Waals surface area (Å²) < 4.78 is 28.7. The lowest BCUT2D eigenvalue weighted by atomic mass is 9.93. The Morgan fingerprint density at radius 1 is 1.29 bits per heavy atom. The number of likely N-dealkylation sites (tertiary alicyclic amines) is 1. The number of amides is 1. The fourth-order valence-corrected chi connectivity index (χ4v) is 5.59. The van der Waals surface area contributed by atoms with Crippen molar-refractivity contribution in [3.63, 3.8) is 0 Å². The van der Waals surface area contributed by atoms with E-state index < -0.39 is 15.6 Å². The highest BCUT2D eigenvalue weighted by atomic mass is 32.2. The van der Waals surface area contributed by atoms with Gasteiger partial charge in [-0.15, -0.1) is 0 Å². The minimum atomic E-state index is -3.63. The smallest absolute Gasteiger partial charge is 0.262 e. The molecule has 1 aromatic rings. The van der Waals surface area contributed by atoms with Crippen LogP contribution in [0.5, 0.6) is 0 Å². The molecular formula is C18H31N5O4S. The molecule has 0 aliphatic carbocycles. The van der Waals surface area contributed by atoms with Crippen molar-refractivity contribution >= 4 is 15.9 Å². The second kappa shape index (κ2) is 8.48. The second-order valence-electron chi connectivity index (χ2n) is 8.11. The van der Waals surface area contributed by atoms with Gasteiger partial charge < -0.3 is 19.9 Å². The zero-order valence-corrected chi connectivity index (χ0v) is 17.5. The van der Waals surface area contributed by atoms with E-state index in [9.17, 15) is 18.3 Å². The molecule has 1 amide bonds. The lowest BCUT2D eigenvalue weighted by molar-refractivity contribution is -0.120. The van der Waals surface area contributed by atoms with E-state index in [0.29, 0.717) is 32.4 Å². The molecule has 0 bridgehead atoms. The summed E-state index contributed by atoms with van der Waals surface area (Å²) in [6.45, 7) is 4.40. The van der Waals surface area contributed by atoms with Gasteiger partial charge in [0.2, 0.25) is 5.91 Å². The van der Waals surface area contributed by atoms with Crippen LogP contribution < -0.4 is 5.32 Å². The number of carbonyl (C=O) groups excluding carboxylic acids is 1. The normalized spacial score (nSPS) is 26.1. The minimum absolute atomic E-state index is 0.00458. The average molecular weight is 414 g/mol. The summed E-state index contributed by atoms with van der Waals surface area (Å²) in [6, 6.07) is 0.205. The first-order valence-electron chi connectivity index (χ1n) is 9.88. The highest BCUT2D eigenvalue weighted by Gasteiger charge is 2.37. The van der Waals surface area contributed by atoms with Crippen LogP contribution in [0.2, 0.25) is 0 Å². The molecule has 158 valence electrons. The molecule has 28 heavy (non-hydrogen) atoms. The van der Waals surface area contributed by atoms with Crippen LogP contribution in [-0.2, 0) is 21.9 Å². The molecule has 1 aromatic heterocycles. The molecule has 2 N–H and O–H groups in total. The molecule has 0 unspecified atom stereocenters. The highest BCUT2D eigenvalue weighted by molar-refractivity contribution is 7.89. The van der Waals surface area contributed by atoms with E-state index in [4.69, 9.17) is 0 Å². The number of sulfonamides is 1. The molecule has 1 atom stereocenters. The first-order chi connectivity index (χ1) is 13.2. The van der Waals surface area contributed by atoms with Gasteiger partial charge >= 0.3 is 0 Å². The number of aliphatic hydroxyl groups is 1. The van der Waals surface area contributed by atoms with Crippen molar-refractivity contribution in [2.24, 2.45) is 7.05 Å². The molecule has 0 spiro atoms. The summed E-state index contributed by atoms with van der Waals surface area (Å²) >= 11 is 0. The Bertz CT molecular complexity index is 788. The maximum atomic E-state index is 12.8. The summed E-state index contributed by atoms with van der Waals surface area (Å²) in [5.41, 5.74) is -0.894. The number of nitrogens with zero attached hydrogens (tertiary/aromatic N) is 4. The van der Waals surface area contributed by atoms with Gasteiger partial charge in [-0.2, -0.15) is 4.31 Å². The van der Waals surface area contributed by atoms with Crippen molar-refractivity contribution in [3.05, 3.63) is 12.5 Å². The van der Waals surface area contributed by atoms with Gasteiger partial charge in [0.15, 0.2) is 5.03 Å². The number of β-amino-alcohol motifs (C(OH)–C–C–N with tert-alkyl or cyclic N) is 1. The number of rotatable bonds is 5. The number of hydrogen-bond donors (Lipinski definition) is 2. The van der Waals surface area contributed by atoms with Crippen LogP contribution in [-0.4, -0.2) is 82.6 Å². The molecule has 2 aliphatic rings. The third-order valence-corrected chi connectivity index (χ3v) is 7.46.